The Balaban J connectivity index is 2.39. The molecule has 0 aromatic heterocycles. The zero-order valence-corrected chi connectivity index (χ0v) is 9.39. The number of fused-ring (bicyclic) bond motifs is 1. The van der Waals surface area contributed by atoms with Gasteiger partial charge >= 0.3 is 0 Å². The van der Waals surface area contributed by atoms with Crippen LogP contribution in [0, 0.1) is 5.41 Å². The monoisotopic (exact) mass is 218 g/mol. The van der Waals surface area contributed by atoms with Crippen LogP contribution in [0.4, 0.5) is 0 Å². The van der Waals surface area contributed by atoms with Gasteiger partial charge in [-0.15, -0.1) is 0 Å². The first-order chi connectivity index (χ1) is 6.75. The second kappa shape index (κ2) is 2.73. The highest BCUT2D eigenvalue weighted by atomic mass is 16.7. The standard InChI is InChI=1S/C10H18O5/c1-5(11)6-9(12)8(2,3)10(9,13)7(14-4)15-6/h5-7,11-13H,1-4H3/t5-,6-,7?,9+,10-/m1/s1. The van der Waals surface area contributed by atoms with Gasteiger partial charge in [0.1, 0.15) is 11.7 Å². The van der Waals surface area contributed by atoms with E-state index in [0.717, 1.165) is 0 Å². The zero-order valence-electron chi connectivity index (χ0n) is 9.39. The van der Waals surface area contributed by atoms with Gasteiger partial charge in [0.25, 0.3) is 0 Å². The Kier molecular flexibility index (Phi) is 2.05. The molecule has 5 atom stereocenters. The minimum atomic E-state index is -1.44. The molecule has 1 heterocycles. The van der Waals surface area contributed by atoms with Crippen LogP contribution in [0.1, 0.15) is 20.8 Å². The number of rotatable bonds is 2. The Morgan fingerprint density at radius 3 is 2.07 bits per heavy atom. The van der Waals surface area contributed by atoms with Gasteiger partial charge in [0, 0.05) is 12.5 Å². The molecule has 1 aliphatic heterocycles. The normalized spacial score (nSPS) is 53.8. The number of aliphatic hydroxyl groups excluding tert-OH is 1. The van der Waals surface area contributed by atoms with Gasteiger partial charge < -0.3 is 24.8 Å². The highest BCUT2D eigenvalue weighted by Crippen LogP contribution is 2.73. The molecule has 2 fully saturated rings. The molecule has 15 heavy (non-hydrogen) atoms. The quantitative estimate of drug-likeness (QED) is 0.568. The molecule has 5 heteroatoms. The maximum Gasteiger partial charge on any atom is 0.190 e. The number of ether oxygens (including phenoxy) is 2. The summed E-state index contributed by atoms with van der Waals surface area (Å²) in [6, 6.07) is 0. The molecule has 0 bridgehead atoms. The smallest absolute Gasteiger partial charge is 0.190 e. The molecule has 1 saturated heterocycles. The summed E-state index contributed by atoms with van der Waals surface area (Å²) in [6.45, 7) is 4.99. The van der Waals surface area contributed by atoms with Gasteiger partial charge in [-0.3, -0.25) is 0 Å². The van der Waals surface area contributed by atoms with Gasteiger partial charge in [0.2, 0.25) is 0 Å². The Morgan fingerprint density at radius 1 is 1.27 bits per heavy atom. The van der Waals surface area contributed by atoms with Gasteiger partial charge in [-0.05, 0) is 6.92 Å². The van der Waals surface area contributed by atoms with Crippen LogP contribution in [0.2, 0.25) is 0 Å². The first kappa shape index (κ1) is 11.3. The lowest BCUT2D eigenvalue weighted by Gasteiger charge is -2.27. The Morgan fingerprint density at radius 2 is 1.80 bits per heavy atom. The van der Waals surface area contributed by atoms with Crippen LogP contribution >= 0.6 is 0 Å². The molecule has 0 aromatic rings. The molecule has 5 nitrogen and oxygen atoms in total. The Bertz CT molecular complexity index is 290. The summed E-state index contributed by atoms with van der Waals surface area (Å²) in [5.41, 5.74) is -3.61. The molecular weight excluding hydrogens is 200 g/mol. The number of methoxy groups -OCH3 is 1. The van der Waals surface area contributed by atoms with E-state index in [9.17, 15) is 15.3 Å². The van der Waals surface area contributed by atoms with Crippen molar-refractivity contribution in [1.29, 1.82) is 0 Å². The molecule has 0 spiro atoms. The van der Waals surface area contributed by atoms with Gasteiger partial charge in [-0.25, -0.2) is 0 Å². The molecule has 2 aliphatic rings. The van der Waals surface area contributed by atoms with E-state index >= 15 is 0 Å². The molecule has 1 aliphatic carbocycles. The summed E-state index contributed by atoms with van der Waals surface area (Å²) >= 11 is 0. The molecule has 1 saturated carbocycles. The first-order valence-corrected chi connectivity index (χ1v) is 5.06. The van der Waals surface area contributed by atoms with E-state index < -0.39 is 35.1 Å². The van der Waals surface area contributed by atoms with E-state index in [1.165, 1.54) is 14.0 Å². The summed E-state index contributed by atoms with van der Waals surface area (Å²) in [6.07, 6.45) is -2.57. The number of hydrogen-bond acceptors (Lipinski definition) is 5. The molecule has 3 N–H and O–H groups in total. The van der Waals surface area contributed by atoms with E-state index in [4.69, 9.17) is 9.47 Å². The molecule has 1 unspecified atom stereocenters. The van der Waals surface area contributed by atoms with Gasteiger partial charge in [-0.1, -0.05) is 13.8 Å². The maximum atomic E-state index is 10.4. The lowest BCUT2D eigenvalue weighted by atomic mass is 9.98. The van der Waals surface area contributed by atoms with E-state index in [2.05, 4.69) is 0 Å². The number of hydrogen-bond donors (Lipinski definition) is 3. The predicted octanol–water partition coefficient (Wildman–Crippen LogP) is -0.760. The lowest BCUT2D eigenvalue weighted by Crippen LogP contribution is -2.41. The number of aliphatic hydroxyl groups is 3. The van der Waals surface area contributed by atoms with E-state index in [-0.39, 0.29) is 0 Å². The third kappa shape index (κ3) is 0.877. The molecule has 0 aromatic carbocycles. The van der Waals surface area contributed by atoms with Gasteiger partial charge in [0.05, 0.1) is 6.10 Å². The van der Waals surface area contributed by atoms with Crippen molar-refractivity contribution < 1.29 is 24.8 Å². The molecular formula is C10H18O5. The van der Waals surface area contributed by atoms with Crippen LogP contribution < -0.4 is 0 Å². The third-order valence-corrected chi connectivity index (χ3v) is 4.10. The summed E-state index contributed by atoms with van der Waals surface area (Å²) in [5, 5.41) is 30.2. The fourth-order valence-electron chi connectivity index (χ4n) is 2.96. The summed E-state index contributed by atoms with van der Waals surface area (Å²) in [5.74, 6) is 0. The average Bonchev–Trinajstić information content (AvgIpc) is 2.41. The van der Waals surface area contributed by atoms with Crippen molar-refractivity contribution in [2.75, 3.05) is 7.11 Å². The van der Waals surface area contributed by atoms with E-state index in [1.54, 1.807) is 13.8 Å². The van der Waals surface area contributed by atoms with Crippen LogP contribution in [0.15, 0.2) is 0 Å². The Hall–Kier alpha value is -0.200. The molecule has 0 amide bonds. The zero-order chi connectivity index (χ0) is 11.6. The Labute approximate surface area is 88.6 Å². The van der Waals surface area contributed by atoms with Crippen LogP contribution in [0.3, 0.4) is 0 Å². The minimum absolute atomic E-state index is 0.736. The third-order valence-electron chi connectivity index (χ3n) is 4.10. The predicted molar refractivity (Wildman–Crippen MR) is 51.0 cm³/mol. The fourth-order valence-corrected chi connectivity index (χ4v) is 2.96. The van der Waals surface area contributed by atoms with Crippen LogP contribution in [-0.2, 0) is 9.47 Å². The maximum absolute atomic E-state index is 10.4. The first-order valence-electron chi connectivity index (χ1n) is 5.06. The molecule has 0 radical (unpaired) electrons. The van der Waals surface area contributed by atoms with E-state index in [1.807, 2.05) is 0 Å². The van der Waals surface area contributed by atoms with Crippen molar-refractivity contribution in [3.8, 4) is 0 Å². The summed E-state index contributed by atoms with van der Waals surface area (Å²) in [4.78, 5) is 0. The van der Waals surface area contributed by atoms with Crippen molar-refractivity contribution in [3.05, 3.63) is 0 Å². The minimum Gasteiger partial charge on any atom is -0.391 e. The van der Waals surface area contributed by atoms with Crippen LogP contribution in [-0.4, -0.2) is 52.1 Å². The molecule has 88 valence electrons. The van der Waals surface area contributed by atoms with E-state index in [0.29, 0.717) is 0 Å². The van der Waals surface area contributed by atoms with Crippen LogP contribution in [0.25, 0.3) is 0 Å². The van der Waals surface area contributed by atoms with Crippen molar-refractivity contribution in [1.82, 2.24) is 0 Å². The van der Waals surface area contributed by atoms with Gasteiger partial charge in [-0.2, -0.15) is 0 Å². The highest BCUT2D eigenvalue weighted by Gasteiger charge is 2.93. The second-order valence-electron chi connectivity index (χ2n) is 5.02. The van der Waals surface area contributed by atoms with Crippen molar-refractivity contribution in [2.24, 2.45) is 5.41 Å². The lowest BCUT2D eigenvalue weighted by molar-refractivity contribution is -0.209. The molecule has 2 rings (SSSR count). The average molecular weight is 218 g/mol. The fraction of sp³-hybridized carbons (Fsp3) is 1.00. The highest BCUT2D eigenvalue weighted by molar-refractivity contribution is 5.39. The SMILES string of the molecule is COC1O[C@H]([C@@H](C)O)[C@]2(O)C(C)(C)[C@]12O. The van der Waals surface area contributed by atoms with Crippen LogP contribution in [0.5, 0.6) is 0 Å². The second-order valence-corrected chi connectivity index (χ2v) is 5.02. The van der Waals surface area contributed by atoms with Gasteiger partial charge in [0.15, 0.2) is 11.9 Å². The van der Waals surface area contributed by atoms with Crippen molar-refractivity contribution in [2.45, 2.75) is 50.5 Å². The largest absolute Gasteiger partial charge is 0.391 e. The van der Waals surface area contributed by atoms with Crippen molar-refractivity contribution in [3.63, 3.8) is 0 Å². The topological polar surface area (TPSA) is 79.2 Å². The summed E-state index contributed by atoms with van der Waals surface area (Å²) < 4.78 is 10.3. The van der Waals surface area contributed by atoms with Crippen molar-refractivity contribution >= 4 is 0 Å². The summed E-state index contributed by atoms with van der Waals surface area (Å²) in [7, 11) is 1.40.